The van der Waals surface area contributed by atoms with Gasteiger partial charge >= 0.3 is 5.97 Å². The topological polar surface area (TPSA) is 73.2 Å². The van der Waals surface area contributed by atoms with E-state index in [1.54, 1.807) is 7.05 Å². The standard InChI is InChI=1S/C8H10ClN3O3/c1-12-5(3-6(9)11-12)8(14)10-4-7(13)15-2/h3H,4H2,1-2H3,(H,10,14). The molecule has 1 heterocycles. The van der Waals surface area contributed by atoms with Crippen molar-refractivity contribution < 1.29 is 14.3 Å². The second kappa shape index (κ2) is 4.79. The van der Waals surface area contributed by atoms with Gasteiger partial charge in [-0.2, -0.15) is 5.10 Å². The summed E-state index contributed by atoms with van der Waals surface area (Å²) in [5.74, 6) is -0.945. The van der Waals surface area contributed by atoms with Crippen LogP contribution >= 0.6 is 11.6 Å². The van der Waals surface area contributed by atoms with Crippen LogP contribution in [0.15, 0.2) is 6.07 Å². The second-order valence-corrected chi connectivity index (χ2v) is 3.12. The zero-order valence-corrected chi connectivity index (χ0v) is 9.04. The first-order chi connectivity index (χ1) is 7.04. The molecular formula is C8H10ClN3O3. The van der Waals surface area contributed by atoms with Crippen molar-refractivity contribution in [1.29, 1.82) is 0 Å². The maximum absolute atomic E-state index is 11.5. The van der Waals surface area contributed by atoms with Gasteiger partial charge in [0.1, 0.15) is 12.2 Å². The summed E-state index contributed by atoms with van der Waals surface area (Å²) in [4.78, 5) is 22.2. The molecule has 0 aliphatic carbocycles. The van der Waals surface area contributed by atoms with Gasteiger partial charge in [0.15, 0.2) is 5.15 Å². The third kappa shape index (κ3) is 2.95. The van der Waals surface area contributed by atoms with Crippen molar-refractivity contribution in [2.75, 3.05) is 13.7 Å². The summed E-state index contributed by atoms with van der Waals surface area (Å²) in [6.45, 7) is -0.182. The molecule has 1 N–H and O–H groups in total. The van der Waals surface area contributed by atoms with Crippen molar-refractivity contribution in [2.24, 2.45) is 7.05 Å². The molecule has 1 amide bonds. The molecule has 0 saturated heterocycles. The summed E-state index contributed by atoms with van der Waals surface area (Å²) < 4.78 is 5.70. The maximum Gasteiger partial charge on any atom is 0.325 e. The van der Waals surface area contributed by atoms with E-state index in [9.17, 15) is 9.59 Å². The lowest BCUT2D eigenvalue weighted by atomic mass is 10.4. The van der Waals surface area contributed by atoms with E-state index >= 15 is 0 Å². The van der Waals surface area contributed by atoms with Crippen molar-refractivity contribution in [3.63, 3.8) is 0 Å². The van der Waals surface area contributed by atoms with Crippen LogP contribution in [0, 0.1) is 0 Å². The van der Waals surface area contributed by atoms with Gasteiger partial charge in [-0.15, -0.1) is 0 Å². The summed E-state index contributed by atoms with van der Waals surface area (Å²) in [6, 6.07) is 1.41. The molecule has 7 heteroatoms. The number of halogens is 1. The van der Waals surface area contributed by atoms with Crippen LogP contribution < -0.4 is 5.32 Å². The Kier molecular flexibility index (Phi) is 3.68. The van der Waals surface area contributed by atoms with E-state index in [1.165, 1.54) is 17.9 Å². The molecule has 0 fully saturated rings. The Bertz CT molecular complexity index is 388. The van der Waals surface area contributed by atoms with Crippen molar-refractivity contribution in [2.45, 2.75) is 0 Å². The van der Waals surface area contributed by atoms with Gasteiger partial charge in [-0.05, 0) is 0 Å². The lowest BCUT2D eigenvalue weighted by Gasteiger charge is -2.03. The molecule has 0 aromatic carbocycles. The highest BCUT2D eigenvalue weighted by Gasteiger charge is 2.13. The Hall–Kier alpha value is -1.56. The Balaban J connectivity index is 2.61. The number of carbonyl (C=O) groups is 2. The third-order valence-electron chi connectivity index (χ3n) is 1.70. The molecule has 82 valence electrons. The second-order valence-electron chi connectivity index (χ2n) is 2.73. The van der Waals surface area contributed by atoms with E-state index in [0.717, 1.165) is 0 Å². The molecule has 1 aromatic heterocycles. The quantitative estimate of drug-likeness (QED) is 0.742. The summed E-state index contributed by atoms with van der Waals surface area (Å²) in [5.41, 5.74) is 0.281. The number of rotatable bonds is 3. The van der Waals surface area contributed by atoms with Gasteiger partial charge in [0.05, 0.1) is 7.11 Å². The average Bonchev–Trinajstić information content (AvgIpc) is 2.53. The monoisotopic (exact) mass is 231 g/mol. The van der Waals surface area contributed by atoms with Gasteiger partial charge in [0.25, 0.3) is 5.91 Å². The fraction of sp³-hybridized carbons (Fsp3) is 0.375. The number of carbonyl (C=O) groups excluding carboxylic acids is 2. The van der Waals surface area contributed by atoms with Crippen LogP contribution in [0.25, 0.3) is 0 Å². The predicted molar refractivity (Wildman–Crippen MR) is 52.6 cm³/mol. The molecule has 1 aromatic rings. The highest BCUT2D eigenvalue weighted by molar-refractivity contribution is 6.29. The number of ether oxygens (including phenoxy) is 1. The van der Waals surface area contributed by atoms with Gasteiger partial charge in [0, 0.05) is 13.1 Å². The van der Waals surface area contributed by atoms with E-state index < -0.39 is 11.9 Å². The minimum absolute atomic E-state index is 0.182. The van der Waals surface area contributed by atoms with Gasteiger partial charge in [-0.1, -0.05) is 11.6 Å². The number of esters is 1. The first-order valence-electron chi connectivity index (χ1n) is 4.09. The van der Waals surface area contributed by atoms with Crippen LogP contribution in [0.3, 0.4) is 0 Å². The Morgan fingerprint density at radius 3 is 2.80 bits per heavy atom. The molecule has 0 spiro atoms. The first kappa shape index (κ1) is 11.5. The van der Waals surface area contributed by atoms with Gasteiger partial charge in [-0.3, -0.25) is 14.3 Å². The van der Waals surface area contributed by atoms with E-state index in [-0.39, 0.29) is 17.4 Å². The van der Waals surface area contributed by atoms with Crippen molar-refractivity contribution in [3.05, 3.63) is 16.9 Å². The number of nitrogens with one attached hydrogen (secondary N) is 1. The number of hydrogen-bond donors (Lipinski definition) is 1. The van der Waals surface area contributed by atoms with Gasteiger partial charge in [0.2, 0.25) is 0 Å². The molecule has 0 unspecified atom stereocenters. The van der Waals surface area contributed by atoms with Crippen LogP contribution in [-0.4, -0.2) is 35.3 Å². The van der Waals surface area contributed by atoms with Crippen LogP contribution in [-0.2, 0) is 16.6 Å². The molecule has 0 saturated carbocycles. The van der Waals surface area contributed by atoms with Crippen LogP contribution in [0.1, 0.15) is 10.5 Å². The molecule has 6 nitrogen and oxygen atoms in total. The molecule has 0 radical (unpaired) electrons. The van der Waals surface area contributed by atoms with Gasteiger partial charge in [-0.25, -0.2) is 0 Å². The molecule has 15 heavy (non-hydrogen) atoms. The summed E-state index contributed by atoms with van der Waals surface area (Å²) >= 11 is 5.60. The Morgan fingerprint density at radius 1 is 1.67 bits per heavy atom. The van der Waals surface area contributed by atoms with E-state index in [2.05, 4.69) is 15.2 Å². The molecule has 0 aliphatic heterocycles. The van der Waals surface area contributed by atoms with Crippen molar-refractivity contribution in [1.82, 2.24) is 15.1 Å². The fourth-order valence-corrected chi connectivity index (χ4v) is 1.18. The molecule has 0 aliphatic rings. The third-order valence-corrected chi connectivity index (χ3v) is 1.89. The van der Waals surface area contributed by atoms with E-state index in [0.29, 0.717) is 0 Å². The predicted octanol–water partition coefficient (Wildman–Crippen LogP) is -0.0237. The SMILES string of the molecule is COC(=O)CNC(=O)c1cc(Cl)nn1C. The molecule has 0 bridgehead atoms. The Morgan fingerprint density at radius 2 is 2.33 bits per heavy atom. The highest BCUT2D eigenvalue weighted by Crippen LogP contribution is 2.07. The van der Waals surface area contributed by atoms with E-state index in [1.807, 2.05) is 0 Å². The van der Waals surface area contributed by atoms with Crippen molar-refractivity contribution in [3.8, 4) is 0 Å². The van der Waals surface area contributed by atoms with Crippen LogP contribution in [0.5, 0.6) is 0 Å². The number of methoxy groups -OCH3 is 1. The molecule has 0 atom stereocenters. The number of amides is 1. The van der Waals surface area contributed by atoms with Crippen molar-refractivity contribution >= 4 is 23.5 Å². The van der Waals surface area contributed by atoms with Crippen LogP contribution in [0.4, 0.5) is 0 Å². The summed E-state index contributed by atoms with van der Waals surface area (Å²) in [5, 5.41) is 6.38. The number of nitrogens with zero attached hydrogens (tertiary/aromatic N) is 2. The largest absolute Gasteiger partial charge is 0.468 e. The lowest BCUT2D eigenvalue weighted by molar-refractivity contribution is -0.139. The average molecular weight is 232 g/mol. The fourth-order valence-electron chi connectivity index (χ4n) is 0.960. The number of aryl methyl sites for hydroxylation is 1. The minimum Gasteiger partial charge on any atom is -0.468 e. The summed E-state index contributed by atoms with van der Waals surface area (Å²) in [7, 11) is 2.83. The normalized spacial score (nSPS) is 9.80. The molecular weight excluding hydrogens is 222 g/mol. The van der Waals surface area contributed by atoms with Gasteiger partial charge < -0.3 is 10.1 Å². The smallest absolute Gasteiger partial charge is 0.325 e. The Labute approximate surface area is 91.2 Å². The van der Waals surface area contributed by atoms with Crippen LogP contribution in [0.2, 0.25) is 5.15 Å². The molecule has 1 rings (SSSR count). The van der Waals surface area contributed by atoms with E-state index in [4.69, 9.17) is 11.6 Å². The number of hydrogen-bond acceptors (Lipinski definition) is 4. The zero-order chi connectivity index (χ0) is 11.4. The lowest BCUT2D eigenvalue weighted by Crippen LogP contribution is -2.31. The zero-order valence-electron chi connectivity index (χ0n) is 8.28. The first-order valence-corrected chi connectivity index (χ1v) is 4.47. The number of aromatic nitrogens is 2. The maximum atomic E-state index is 11.5. The minimum atomic E-state index is -0.517. The summed E-state index contributed by atoms with van der Waals surface area (Å²) in [6.07, 6.45) is 0. The highest BCUT2D eigenvalue weighted by atomic mass is 35.5.